The van der Waals surface area contributed by atoms with E-state index in [-0.39, 0.29) is 25.5 Å². The molecule has 0 unspecified atom stereocenters. The zero-order valence-corrected chi connectivity index (χ0v) is 11.6. The molecule has 0 amide bonds. The average Bonchev–Trinajstić information content (AvgIpc) is 2.69. The molecule has 1 N–H and O–H groups in total. The number of carbonyl (C=O) groups is 1. The molecule has 1 aliphatic heterocycles. The van der Waals surface area contributed by atoms with Gasteiger partial charge in [0.2, 0.25) is 0 Å². The molecule has 1 aliphatic carbocycles. The summed E-state index contributed by atoms with van der Waals surface area (Å²) in [7, 11) is 0. The van der Waals surface area contributed by atoms with Crippen molar-refractivity contribution in [3.63, 3.8) is 0 Å². The number of carboxylic acid groups (broad SMARTS) is 1. The van der Waals surface area contributed by atoms with Crippen molar-refractivity contribution in [2.24, 2.45) is 0 Å². The summed E-state index contributed by atoms with van der Waals surface area (Å²) >= 11 is 0. The van der Waals surface area contributed by atoms with E-state index in [1.54, 1.807) is 0 Å². The number of carboxylic acids is 1. The molecule has 0 aromatic carbocycles. The van der Waals surface area contributed by atoms with Gasteiger partial charge in [-0.2, -0.15) is 0 Å². The molecule has 3 nitrogen and oxygen atoms in total. The van der Waals surface area contributed by atoms with Crippen LogP contribution in [0.25, 0.3) is 0 Å². The van der Waals surface area contributed by atoms with Gasteiger partial charge in [-0.3, -0.25) is 0 Å². The minimum Gasteiger partial charge on any atom is -0.548 e. The Labute approximate surface area is 118 Å². The van der Waals surface area contributed by atoms with Crippen molar-refractivity contribution in [2.45, 2.75) is 44.6 Å². The number of nitrogens with one attached hydrogen (secondary N) is 1. The van der Waals surface area contributed by atoms with Crippen molar-refractivity contribution < 1.29 is 29.4 Å². The maximum absolute atomic E-state index is 10.0. The SMILES string of the molecule is O=C([O-])[C@@H]1CCCN1.[CH]1[CH]CC[CH][CH]CC1.[Rh]. The predicted octanol–water partition coefficient (Wildman–Crippen LogP) is 0.863. The zero-order valence-electron chi connectivity index (χ0n) is 9.99. The topological polar surface area (TPSA) is 52.2 Å². The van der Waals surface area contributed by atoms with Crippen LogP contribution in [0.1, 0.15) is 38.5 Å². The van der Waals surface area contributed by atoms with Gasteiger partial charge in [0.25, 0.3) is 0 Å². The van der Waals surface area contributed by atoms with E-state index in [1.165, 1.54) is 25.7 Å². The van der Waals surface area contributed by atoms with Crippen LogP contribution in [0.5, 0.6) is 0 Å². The summed E-state index contributed by atoms with van der Waals surface area (Å²) in [6.45, 7) is 0.818. The quantitative estimate of drug-likeness (QED) is 0.728. The number of hydrogen-bond acceptors (Lipinski definition) is 3. The second kappa shape index (κ2) is 11.2. The van der Waals surface area contributed by atoms with Crippen molar-refractivity contribution in [2.75, 3.05) is 6.54 Å². The van der Waals surface area contributed by atoms with Crippen LogP contribution in [-0.4, -0.2) is 18.6 Å². The summed E-state index contributed by atoms with van der Waals surface area (Å²) in [6.07, 6.45) is 15.7. The molecule has 0 bridgehead atoms. The zero-order chi connectivity index (χ0) is 11.6. The first-order valence-corrected chi connectivity index (χ1v) is 6.05. The van der Waals surface area contributed by atoms with E-state index in [0.717, 1.165) is 19.4 Å². The summed E-state index contributed by atoms with van der Waals surface area (Å²) in [6, 6.07) is -0.380. The van der Waals surface area contributed by atoms with Gasteiger partial charge in [-0.15, -0.1) is 0 Å². The first-order chi connectivity index (χ1) is 7.80. The molecule has 17 heavy (non-hydrogen) atoms. The summed E-state index contributed by atoms with van der Waals surface area (Å²) in [5.41, 5.74) is 0. The molecule has 1 atom stereocenters. The fourth-order valence-electron chi connectivity index (χ4n) is 1.74. The average molecular weight is 325 g/mol. The number of hydrogen-bond donors (Lipinski definition) is 1. The van der Waals surface area contributed by atoms with Gasteiger partial charge >= 0.3 is 0 Å². The molecule has 4 heteroatoms. The molecule has 1 heterocycles. The minimum atomic E-state index is -0.970. The van der Waals surface area contributed by atoms with E-state index in [1.807, 2.05) is 0 Å². The molecule has 1 saturated carbocycles. The van der Waals surface area contributed by atoms with Crippen LogP contribution in [0.3, 0.4) is 0 Å². The summed E-state index contributed by atoms with van der Waals surface area (Å²) < 4.78 is 0. The van der Waals surface area contributed by atoms with Crippen LogP contribution >= 0.6 is 0 Å². The van der Waals surface area contributed by atoms with Gasteiger partial charge in [0.15, 0.2) is 0 Å². The first kappa shape index (κ1) is 17.1. The minimum absolute atomic E-state index is 0. The van der Waals surface area contributed by atoms with E-state index in [2.05, 4.69) is 31.0 Å². The van der Waals surface area contributed by atoms with Gasteiger partial charge in [-0.05, 0) is 70.8 Å². The molecule has 2 rings (SSSR count). The molecule has 99 valence electrons. The Morgan fingerprint density at radius 2 is 1.53 bits per heavy atom. The number of rotatable bonds is 1. The van der Waals surface area contributed by atoms with Gasteiger partial charge in [0.05, 0.1) is 5.97 Å². The van der Waals surface area contributed by atoms with Crippen molar-refractivity contribution >= 4 is 5.97 Å². The predicted molar refractivity (Wildman–Crippen MR) is 61.7 cm³/mol. The maximum Gasteiger partial charge on any atom is 0.0584 e. The van der Waals surface area contributed by atoms with Crippen molar-refractivity contribution in [1.82, 2.24) is 5.32 Å². The monoisotopic (exact) mass is 325 g/mol. The molecular formula is C13H20NO2Rh-. The maximum atomic E-state index is 10.0. The Kier molecular flexibility index (Phi) is 11.2. The fraction of sp³-hybridized carbons (Fsp3) is 0.615. The number of carbonyl (C=O) groups excluding carboxylic acids is 1. The Morgan fingerprint density at radius 3 is 1.76 bits per heavy atom. The van der Waals surface area contributed by atoms with E-state index < -0.39 is 5.97 Å². The van der Waals surface area contributed by atoms with Gasteiger partial charge in [0, 0.05) is 25.5 Å². The second-order valence-electron chi connectivity index (χ2n) is 4.07. The van der Waals surface area contributed by atoms with Crippen molar-refractivity contribution in [3.8, 4) is 0 Å². The molecule has 1 saturated heterocycles. The third-order valence-corrected chi connectivity index (χ3v) is 2.68. The van der Waals surface area contributed by atoms with E-state index in [9.17, 15) is 9.90 Å². The molecule has 0 aromatic heterocycles. The van der Waals surface area contributed by atoms with Crippen molar-refractivity contribution in [1.29, 1.82) is 0 Å². The molecular weight excluding hydrogens is 305 g/mol. The van der Waals surface area contributed by atoms with Gasteiger partial charge in [-0.25, -0.2) is 0 Å². The Balaban J connectivity index is 0.000000284. The molecule has 2 aliphatic rings. The number of aliphatic carboxylic acids is 1. The van der Waals surface area contributed by atoms with Crippen LogP contribution in [0.4, 0.5) is 0 Å². The largest absolute Gasteiger partial charge is 0.548 e. The summed E-state index contributed by atoms with van der Waals surface area (Å²) in [5.74, 6) is -0.970. The summed E-state index contributed by atoms with van der Waals surface area (Å²) in [4.78, 5) is 10.0. The van der Waals surface area contributed by atoms with Crippen molar-refractivity contribution in [3.05, 3.63) is 25.7 Å². The second-order valence-corrected chi connectivity index (χ2v) is 4.07. The molecule has 2 fully saturated rings. The smallest absolute Gasteiger partial charge is 0.0584 e. The van der Waals surface area contributed by atoms with Crippen LogP contribution in [-0.2, 0) is 24.3 Å². The van der Waals surface area contributed by atoms with Gasteiger partial charge in [0.1, 0.15) is 0 Å². The van der Waals surface area contributed by atoms with Crippen LogP contribution in [0, 0.1) is 25.7 Å². The van der Waals surface area contributed by atoms with Crippen LogP contribution in [0.2, 0.25) is 0 Å². The molecule has 5 radical (unpaired) electrons. The third kappa shape index (κ3) is 8.73. The first-order valence-electron chi connectivity index (χ1n) is 6.05. The van der Waals surface area contributed by atoms with E-state index in [0.29, 0.717) is 0 Å². The molecule has 0 aromatic rings. The Bertz CT molecular complexity index is 170. The Morgan fingerprint density at radius 1 is 1.06 bits per heavy atom. The van der Waals surface area contributed by atoms with Crippen LogP contribution in [0.15, 0.2) is 0 Å². The van der Waals surface area contributed by atoms with E-state index in [4.69, 9.17) is 0 Å². The Hall–Kier alpha value is 0.0534. The fourth-order valence-corrected chi connectivity index (χ4v) is 1.74. The van der Waals surface area contributed by atoms with Crippen LogP contribution < -0.4 is 10.4 Å². The van der Waals surface area contributed by atoms with Gasteiger partial charge < -0.3 is 15.2 Å². The molecule has 0 spiro atoms. The van der Waals surface area contributed by atoms with Gasteiger partial charge in [-0.1, -0.05) is 0 Å². The standard InChI is InChI=1S/C8H12.C5H9NO2.Rh/c1-2-4-6-8-7-5-3-1;7-5(8)4-2-1-3-6-4;/h1-2,7-8H,3-6H2;4,6H,1-3H2,(H,7,8);/p-1/t;4-;/m.0./s1. The summed E-state index contributed by atoms with van der Waals surface area (Å²) in [5, 5.41) is 12.8. The normalized spacial score (nSPS) is 24.6. The van der Waals surface area contributed by atoms with E-state index >= 15 is 0 Å². The third-order valence-electron chi connectivity index (χ3n) is 2.68.